The normalized spacial score (nSPS) is 23.8. The molecule has 2 rings (SSSR count). The average molecular weight is 249 g/mol. The van der Waals surface area contributed by atoms with Crippen molar-refractivity contribution in [2.45, 2.75) is 32.4 Å². The summed E-state index contributed by atoms with van der Waals surface area (Å²) in [6, 6.07) is 4.48. The van der Waals surface area contributed by atoms with Crippen LogP contribution in [0.4, 0.5) is 5.69 Å². The second-order valence-corrected chi connectivity index (χ2v) is 5.28. The molecule has 0 saturated carbocycles. The monoisotopic (exact) mass is 249 g/mol. The quantitative estimate of drug-likeness (QED) is 0.865. The van der Waals surface area contributed by atoms with Crippen LogP contribution in [0.1, 0.15) is 32.1 Å². The van der Waals surface area contributed by atoms with Crippen molar-refractivity contribution in [3.05, 3.63) is 24.0 Å². The van der Waals surface area contributed by atoms with E-state index in [1.165, 1.54) is 6.42 Å². The fourth-order valence-electron chi connectivity index (χ4n) is 2.57. The number of likely N-dealkylation sites (N-methyl/N-ethyl adjacent to an activating group) is 1. The molecule has 4 heteroatoms. The zero-order valence-electron chi connectivity index (χ0n) is 11.5. The first-order valence-corrected chi connectivity index (χ1v) is 6.67. The van der Waals surface area contributed by atoms with Crippen molar-refractivity contribution < 1.29 is 5.11 Å². The van der Waals surface area contributed by atoms with Crippen LogP contribution in [0, 0.1) is 0 Å². The lowest BCUT2D eigenvalue weighted by molar-refractivity contribution is 0.194. The molecule has 1 aliphatic heterocycles. The van der Waals surface area contributed by atoms with Gasteiger partial charge in [0.05, 0.1) is 23.7 Å². The molecule has 100 valence electrons. The predicted molar refractivity (Wildman–Crippen MR) is 73.8 cm³/mol. The molecule has 2 unspecified atom stereocenters. The van der Waals surface area contributed by atoms with Crippen molar-refractivity contribution in [1.82, 2.24) is 9.88 Å². The van der Waals surface area contributed by atoms with Crippen LogP contribution in [0.2, 0.25) is 0 Å². The molecule has 2 atom stereocenters. The average Bonchev–Trinajstić information content (AvgIpc) is 2.50. The minimum atomic E-state index is -0.494. The Kier molecular flexibility index (Phi) is 4.19. The largest absolute Gasteiger partial charge is 0.387 e. The van der Waals surface area contributed by atoms with Gasteiger partial charge < -0.3 is 14.9 Å². The first-order chi connectivity index (χ1) is 8.58. The zero-order chi connectivity index (χ0) is 13.1. The number of pyridine rings is 1. The number of hydrogen-bond acceptors (Lipinski definition) is 4. The van der Waals surface area contributed by atoms with E-state index >= 15 is 0 Å². The molecule has 1 fully saturated rings. The number of aromatic nitrogens is 1. The fourth-order valence-corrected chi connectivity index (χ4v) is 2.57. The smallest absolute Gasteiger partial charge is 0.0931 e. The van der Waals surface area contributed by atoms with E-state index in [0.29, 0.717) is 6.04 Å². The molecule has 0 aromatic carbocycles. The minimum Gasteiger partial charge on any atom is -0.387 e. The van der Waals surface area contributed by atoms with E-state index in [1.54, 1.807) is 6.92 Å². The van der Waals surface area contributed by atoms with Crippen LogP contribution in [0.3, 0.4) is 0 Å². The van der Waals surface area contributed by atoms with Gasteiger partial charge in [-0.3, -0.25) is 4.98 Å². The van der Waals surface area contributed by atoms with E-state index in [2.05, 4.69) is 34.8 Å². The van der Waals surface area contributed by atoms with Crippen LogP contribution in [0.25, 0.3) is 0 Å². The summed E-state index contributed by atoms with van der Waals surface area (Å²) in [5.41, 5.74) is 1.89. The van der Waals surface area contributed by atoms with Gasteiger partial charge in [-0.15, -0.1) is 0 Å². The number of nitrogens with zero attached hydrogens (tertiary/aromatic N) is 3. The molecule has 0 aliphatic carbocycles. The summed E-state index contributed by atoms with van der Waals surface area (Å²) in [5.74, 6) is 0. The molecule has 18 heavy (non-hydrogen) atoms. The lowest BCUT2D eigenvalue weighted by Gasteiger charge is -2.30. The van der Waals surface area contributed by atoms with Crippen molar-refractivity contribution >= 4 is 5.69 Å². The molecule has 0 radical (unpaired) electrons. The second kappa shape index (κ2) is 5.67. The highest BCUT2D eigenvalue weighted by Crippen LogP contribution is 2.20. The van der Waals surface area contributed by atoms with Crippen LogP contribution >= 0.6 is 0 Å². The highest BCUT2D eigenvalue weighted by atomic mass is 16.3. The van der Waals surface area contributed by atoms with Gasteiger partial charge in [0.25, 0.3) is 0 Å². The van der Waals surface area contributed by atoms with Gasteiger partial charge in [0.2, 0.25) is 0 Å². The van der Waals surface area contributed by atoms with Gasteiger partial charge in [0.1, 0.15) is 0 Å². The van der Waals surface area contributed by atoms with E-state index in [0.717, 1.165) is 31.0 Å². The molecule has 2 heterocycles. The van der Waals surface area contributed by atoms with Gasteiger partial charge in [0.15, 0.2) is 0 Å². The molecule has 1 N–H and O–H groups in total. The molecule has 1 saturated heterocycles. The molecular weight excluding hydrogens is 226 g/mol. The standard InChI is InChI=1S/C14H23N3O/c1-11-10-16(3)7-4-8-17(11)13-5-6-14(12(2)18)15-9-13/h5-6,9,11-12,18H,4,7-8,10H2,1-3H3. The number of anilines is 1. The summed E-state index contributed by atoms with van der Waals surface area (Å²) < 4.78 is 0. The number of hydrogen-bond donors (Lipinski definition) is 1. The first kappa shape index (κ1) is 13.3. The van der Waals surface area contributed by atoms with Gasteiger partial charge in [-0.05, 0) is 46.0 Å². The van der Waals surface area contributed by atoms with Gasteiger partial charge >= 0.3 is 0 Å². The summed E-state index contributed by atoms with van der Waals surface area (Å²) in [6.07, 6.45) is 2.56. The third-order valence-corrected chi connectivity index (χ3v) is 3.58. The van der Waals surface area contributed by atoms with Crippen molar-refractivity contribution in [2.24, 2.45) is 0 Å². The van der Waals surface area contributed by atoms with Gasteiger partial charge in [-0.1, -0.05) is 0 Å². The van der Waals surface area contributed by atoms with Crippen molar-refractivity contribution in [3.63, 3.8) is 0 Å². The van der Waals surface area contributed by atoms with Gasteiger partial charge in [-0.25, -0.2) is 0 Å². The second-order valence-electron chi connectivity index (χ2n) is 5.28. The van der Waals surface area contributed by atoms with Crippen molar-refractivity contribution in [3.8, 4) is 0 Å². The topological polar surface area (TPSA) is 39.6 Å². The van der Waals surface area contributed by atoms with E-state index in [-0.39, 0.29) is 0 Å². The van der Waals surface area contributed by atoms with E-state index in [1.807, 2.05) is 12.3 Å². The number of rotatable bonds is 2. The minimum absolute atomic E-state index is 0.494. The fraction of sp³-hybridized carbons (Fsp3) is 0.643. The predicted octanol–water partition coefficient (Wildman–Crippen LogP) is 1.67. The molecular formula is C14H23N3O. The lowest BCUT2D eigenvalue weighted by atomic mass is 10.2. The summed E-state index contributed by atoms with van der Waals surface area (Å²) in [4.78, 5) is 9.11. The molecule has 1 aromatic heterocycles. The molecule has 0 amide bonds. The number of aliphatic hydroxyl groups is 1. The van der Waals surface area contributed by atoms with Crippen molar-refractivity contribution in [2.75, 3.05) is 31.6 Å². The highest BCUT2D eigenvalue weighted by molar-refractivity contribution is 5.46. The Morgan fingerprint density at radius 1 is 1.39 bits per heavy atom. The molecule has 1 aliphatic rings. The zero-order valence-corrected chi connectivity index (χ0v) is 11.5. The molecule has 4 nitrogen and oxygen atoms in total. The third-order valence-electron chi connectivity index (χ3n) is 3.58. The summed E-state index contributed by atoms with van der Waals surface area (Å²) >= 11 is 0. The lowest BCUT2D eigenvalue weighted by Crippen LogP contribution is -2.38. The summed E-state index contributed by atoms with van der Waals surface area (Å²) in [7, 11) is 2.18. The highest BCUT2D eigenvalue weighted by Gasteiger charge is 2.20. The first-order valence-electron chi connectivity index (χ1n) is 6.67. The Hall–Kier alpha value is -1.13. The van der Waals surface area contributed by atoms with Gasteiger partial charge in [-0.2, -0.15) is 0 Å². The van der Waals surface area contributed by atoms with Gasteiger partial charge in [0, 0.05) is 19.1 Å². The van der Waals surface area contributed by atoms with Crippen LogP contribution in [0.5, 0.6) is 0 Å². The SMILES string of the molecule is CC(O)c1ccc(N2CCCN(C)CC2C)cn1. The van der Waals surface area contributed by atoms with Crippen molar-refractivity contribution in [1.29, 1.82) is 0 Å². The third kappa shape index (κ3) is 3.00. The Morgan fingerprint density at radius 3 is 2.78 bits per heavy atom. The summed E-state index contributed by atoms with van der Waals surface area (Å²) in [5, 5.41) is 9.47. The molecule has 0 spiro atoms. The van der Waals surface area contributed by atoms with Crippen LogP contribution in [0.15, 0.2) is 18.3 Å². The van der Waals surface area contributed by atoms with Crippen LogP contribution in [-0.4, -0.2) is 47.7 Å². The Balaban J connectivity index is 2.14. The van der Waals surface area contributed by atoms with E-state index in [9.17, 15) is 5.11 Å². The Morgan fingerprint density at radius 2 is 2.17 bits per heavy atom. The summed E-state index contributed by atoms with van der Waals surface area (Å²) in [6.45, 7) is 7.30. The Bertz CT molecular complexity index is 377. The van der Waals surface area contributed by atoms with E-state index in [4.69, 9.17) is 0 Å². The van der Waals surface area contributed by atoms with Crippen LogP contribution < -0.4 is 4.90 Å². The maximum absolute atomic E-state index is 9.47. The molecule has 1 aromatic rings. The number of aliphatic hydroxyl groups excluding tert-OH is 1. The maximum atomic E-state index is 9.47. The van der Waals surface area contributed by atoms with Crippen LogP contribution in [-0.2, 0) is 0 Å². The van der Waals surface area contributed by atoms with E-state index < -0.39 is 6.10 Å². The maximum Gasteiger partial charge on any atom is 0.0931 e. The Labute approximate surface area is 109 Å². The molecule has 0 bridgehead atoms.